The van der Waals surface area contributed by atoms with E-state index in [1.807, 2.05) is 24.3 Å². The number of ketones is 1. The lowest BCUT2D eigenvalue weighted by Crippen LogP contribution is -2.40. The molecule has 2 aromatic rings. The van der Waals surface area contributed by atoms with Gasteiger partial charge >= 0.3 is 0 Å². The molecule has 2 aliphatic rings. The molecule has 1 N–H and O–H groups in total. The Morgan fingerprint density at radius 2 is 1.82 bits per heavy atom. The van der Waals surface area contributed by atoms with Gasteiger partial charge < -0.3 is 15.0 Å². The Labute approximate surface area is 199 Å². The fourth-order valence-electron chi connectivity index (χ4n) is 4.91. The average molecular weight is 467 g/mol. The van der Waals surface area contributed by atoms with E-state index in [0.29, 0.717) is 25.2 Å². The largest absolute Gasteiger partial charge is 0.497 e. The van der Waals surface area contributed by atoms with Gasteiger partial charge in [-0.1, -0.05) is 12.1 Å². The highest BCUT2D eigenvalue weighted by Gasteiger charge is 2.58. The molecule has 0 radical (unpaired) electrons. The van der Waals surface area contributed by atoms with Gasteiger partial charge in [-0.25, -0.2) is 4.39 Å². The van der Waals surface area contributed by atoms with Gasteiger partial charge in [-0.3, -0.25) is 14.4 Å². The highest BCUT2D eigenvalue weighted by molar-refractivity contribution is 5.97. The van der Waals surface area contributed by atoms with Crippen LogP contribution in [-0.2, 0) is 16.0 Å². The molecule has 1 saturated carbocycles. The van der Waals surface area contributed by atoms with Crippen LogP contribution in [0, 0.1) is 17.2 Å². The molecule has 1 aliphatic carbocycles. The highest BCUT2D eigenvalue weighted by atomic mass is 19.1. The highest BCUT2D eigenvalue weighted by Crippen LogP contribution is 2.59. The number of benzene rings is 2. The second kappa shape index (κ2) is 10.4. The number of carbonyl (C=O) groups is 3. The molecule has 2 amide bonds. The molecule has 2 fully saturated rings. The number of hydrogen-bond donors (Lipinski definition) is 1. The lowest BCUT2D eigenvalue weighted by atomic mass is 9.90. The second-order valence-corrected chi connectivity index (χ2v) is 9.32. The number of nitrogens with zero attached hydrogens (tertiary/aromatic N) is 1. The zero-order valence-corrected chi connectivity index (χ0v) is 19.5. The first kappa shape index (κ1) is 23.9. The molecule has 2 aromatic carbocycles. The van der Waals surface area contributed by atoms with Crippen LogP contribution in [0.25, 0.3) is 0 Å². The van der Waals surface area contributed by atoms with Crippen molar-refractivity contribution in [2.75, 3.05) is 26.7 Å². The van der Waals surface area contributed by atoms with Crippen LogP contribution in [0.2, 0.25) is 0 Å². The number of methoxy groups -OCH3 is 1. The summed E-state index contributed by atoms with van der Waals surface area (Å²) in [5.41, 5.74) is 1.56. The molecule has 0 aromatic heterocycles. The Morgan fingerprint density at radius 1 is 1.09 bits per heavy atom. The van der Waals surface area contributed by atoms with E-state index in [4.69, 9.17) is 4.74 Å². The van der Waals surface area contributed by atoms with E-state index in [2.05, 4.69) is 5.32 Å². The van der Waals surface area contributed by atoms with Gasteiger partial charge in [0.15, 0.2) is 5.78 Å². The Bertz CT molecular complexity index is 1040. The zero-order chi connectivity index (χ0) is 24.1. The van der Waals surface area contributed by atoms with Crippen molar-refractivity contribution in [3.8, 4) is 5.75 Å². The van der Waals surface area contributed by atoms with Crippen molar-refractivity contribution in [2.24, 2.45) is 11.3 Å². The van der Waals surface area contributed by atoms with E-state index in [-0.39, 0.29) is 41.8 Å². The van der Waals surface area contributed by atoms with E-state index in [1.54, 1.807) is 12.0 Å². The molecule has 1 spiro atoms. The molecule has 1 atom stereocenters. The molecule has 1 heterocycles. The molecular formula is C27H31FN2O4. The van der Waals surface area contributed by atoms with Crippen LogP contribution in [0.4, 0.5) is 4.39 Å². The number of Topliss-reactive ketones (excluding diaryl/α,β-unsaturated/α-hetero) is 1. The summed E-state index contributed by atoms with van der Waals surface area (Å²) in [4.78, 5) is 39.3. The molecular weight excluding hydrogens is 435 g/mol. The molecule has 0 bridgehead atoms. The predicted octanol–water partition coefficient (Wildman–Crippen LogP) is 3.78. The fourth-order valence-corrected chi connectivity index (χ4v) is 4.91. The third-order valence-electron chi connectivity index (χ3n) is 7.20. The lowest BCUT2D eigenvalue weighted by molar-refractivity contribution is -0.132. The van der Waals surface area contributed by atoms with Crippen molar-refractivity contribution in [1.29, 1.82) is 0 Å². The Balaban J connectivity index is 1.17. The number of nitrogens with one attached hydrogen (secondary N) is 1. The van der Waals surface area contributed by atoms with Gasteiger partial charge in [-0.15, -0.1) is 0 Å². The molecule has 1 unspecified atom stereocenters. The quantitative estimate of drug-likeness (QED) is 0.571. The minimum absolute atomic E-state index is 0.0146. The van der Waals surface area contributed by atoms with Crippen LogP contribution in [0.15, 0.2) is 48.5 Å². The smallest absolute Gasteiger partial charge is 0.223 e. The number of amides is 2. The van der Waals surface area contributed by atoms with E-state index in [0.717, 1.165) is 37.0 Å². The van der Waals surface area contributed by atoms with Gasteiger partial charge in [-0.05, 0) is 73.1 Å². The molecule has 6 nitrogen and oxygen atoms in total. The summed E-state index contributed by atoms with van der Waals surface area (Å²) in [6.07, 6.45) is 3.53. The SMILES string of the molecule is COc1cccc(CCNC(=O)C2CC23CCN(C(=O)CCC(=O)c2ccc(F)cc2)CC3)c1. The van der Waals surface area contributed by atoms with Crippen molar-refractivity contribution in [1.82, 2.24) is 10.2 Å². The van der Waals surface area contributed by atoms with Crippen molar-refractivity contribution < 1.29 is 23.5 Å². The number of halogens is 1. The maximum atomic E-state index is 13.0. The van der Waals surface area contributed by atoms with Gasteiger partial charge in [0.25, 0.3) is 0 Å². The minimum atomic E-state index is -0.390. The van der Waals surface area contributed by atoms with Crippen LogP contribution in [-0.4, -0.2) is 49.2 Å². The average Bonchev–Trinajstić information content (AvgIpc) is 3.56. The summed E-state index contributed by atoms with van der Waals surface area (Å²) in [6, 6.07) is 13.2. The lowest BCUT2D eigenvalue weighted by Gasteiger charge is -2.33. The maximum Gasteiger partial charge on any atom is 0.223 e. The predicted molar refractivity (Wildman–Crippen MR) is 126 cm³/mol. The normalized spacial score (nSPS) is 18.4. The molecule has 1 aliphatic heterocycles. The topological polar surface area (TPSA) is 75.7 Å². The van der Waals surface area contributed by atoms with Gasteiger partial charge in [0.05, 0.1) is 7.11 Å². The molecule has 4 rings (SSSR count). The number of ether oxygens (including phenoxy) is 1. The van der Waals surface area contributed by atoms with Crippen molar-refractivity contribution in [2.45, 2.75) is 38.5 Å². The van der Waals surface area contributed by atoms with Crippen LogP contribution in [0.3, 0.4) is 0 Å². The van der Waals surface area contributed by atoms with Gasteiger partial charge in [0.2, 0.25) is 11.8 Å². The second-order valence-electron chi connectivity index (χ2n) is 9.32. The summed E-state index contributed by atoms with van der Waals surface area (Å²) in [7, 11) is 1.64. The van der Waals surface area contributed by atoms with Gasteiger partial charge in [-0.2, -0.15) is 0 Å². The first-order chi connectivity index (χ1) is 16.4. The number of carbonyl (C=O) groups excluding carboxylic acids is 3. The fraction of sp³-hybridized carbons (Fsp3) is 0.444. The Morgan fingerprint density at radius 3 is 2.53 bits per heavy atom. The van der Waals surface area contributed by atoms with E-state index < -0.39 is 5.82 Å². The van der Waals surface area contributed by atoms with Crippen molar-refractivity contribution in [3.05, 3.63) is 65.5 Å². The van der Waals surface area contributed by atoms with E-state index in [1.165, 1.54) is 24.3 Å². The number of likely N-dealkylation sites (tertiary alicyclic amines) is 1. The summed E-state index contributed by atoms with van der Waals surface area (Å²) in [6.45, 7) is 1.83. The van der Waals surface area contributed by atoms with Crippen LogP contribution < -0.4 is 10.1 Å². The first-order valence-electron chi connectivity index (χ1n) is 11.9. The molecule has 34 heavy (non-hydrogen) atoms. The zero-order valence-electron chi connectivity index (χ0n) is 19.5. The number of piperidine rings is 1. The van der Waals surface area contributed by atoms with E-state index in [9.17, 15) is 18.8 Å². The standard InChI is InChI=1S/C27H31FN2O4/c1-34-22-4-2-3-19(17-22)11-14-29-26(33)23-18-27(23)12-15-30(16-13-27)25(32)10-9-24(31)20-5-7-21(28)8-6-20/h2-8,17,23H,9-16,18H2,1H3,(H,29,33). The third-order valence-corrected chi connectivity index (χ3v) is 7.20. The first-order valence-corrected chi connectivity index (χ1v) is 11.9. The number of hydrogen-bond acceptors (Lipinski definition) is 4. The number of rotatable bonds is 9. The molecule has 1 saturated heterocycles. The van der Waals surface area contributed by atoms with Crippen molar-refractivity contribution >= 4 is 17.6 Å². The monoisotopic (exact) mass is 466 g/mol. The molecule has 7 heteroatoms. The van der Waals surface area contributed by atoms with Crippen LogP contribution >= 0.6 is 0 Å². The third kappa shape index (κ3) is 5.64. The Kier molecular flexibility index (Phi) is 7.29. The van der Waals surface area contributed by atoms with E-state index >= 15 is 0 Å². The summed E-state index contributed by atoms with van der Waals surface area (Å²) >= 11 is 0. The minimum Gasteiger partial charge on any atom is -0.497 e. The van der Waals surface area contributed by atoms with Gasteiger partial charge in [0, 0.05) is 44.0 Å². The van der Waals surface area contributed by atoms with Crippen LogP contribution in [0.5, 0.6) is 5.75 Å². The van der Waals surface area contributed by atoms with Crippen molar-refractivity contribution in [3.63, 3.8) is 0 Å². The molecule has 180 valence electrons. The summed E-state index contributed by atoms with van der Waals surface area (Å²) in [5.74, 6) is 0.354. The van der Waals surface area contributed by atoms with Gasteiger partial charge in [0.1, 0.15) is 11.6 Å². The summed E-state index contributed by atoms with van der Waals surface area (Å²) in [5, 5.41) is 3.07. The maximum absolute atomic E-state index is 13.0. The Hall–Kier alpha value is -3.22. The van der Waals surface area contributed by atoms with Crippen LogP contribution in [0.1, 0.15) is 48.0 Å². The summed E-state index contributed by atoms with van der Waals surface area (Å²) < 4.78 is 18.2.